The normalized spacial score (nSPS) is 20.4. The molecule has 2 heteroatoms. The number of nitrogens with zero attached hydrogens (tertiary/aromatic N) is 1. The van der Waals surface area contributed by atoms with Gasteiger partial charge in [-0.25, -0.2) is 0 Å². The maximum Gasteiger partial charge on any atom is 0.0240 e. The molecule has 90 valence electrons. The molecule has 0 aliphatic heterocycles. The van der Waals surface area contributed by atoms with Crippen molar-refractivity contribution in [3.8, 4) is 0 Å². The molecule has 15 heavy (non-hydrogen) atoms. The molecule has 0 aromatic rings. The Morgan fingerprint density at radius 1 is 1.33 bits per heavy atom. The fourth-order valence-electron chi connectivity index (χ4n) is 2.30. The van der Waals surface area contributed by atoms with E-state index in [4.69, 9.17) is 0 Å². The highest BCUT2D eigenvalue weighted by Gasteiger charge is 2.26. The zero-order chi connectivity index (χ0) is 11.5. The minimum absolute atomic E-state index is 0.350. The Bertz CT molecular complexity index is 179. The molecule has 0 bridgehead atoms. The van der Waals surface area contributed by atoms with E-state index in [-0.39, 0.29) is 0 Å². The second-order valence-corrected chi connectivity index (χ2v) is 6.23. The first-order chi connectivity index (χ1) is 6.93. The number of hydrogen-bond acceptors (Lipinski definition) is 2. The van der Waals surface area contributed by atoms with Crippen molar-refractivity contribution >= 4 is 0 Å². The summed E-state index contributed by atoms with van der Waals surface area (Å²) in [6.07, 6.45) is 4.35. The van der Waals surface area contributed by atoms with Gasteiger partial charge in [-0.3, -0.25) is 0 Å². The lowest BCUT2D eigenvalue weighted by Crippen LogP contribution is -2.47. The van der Waals surface area contributed by atoms with Crippen LogP contribution in [0.5, 0.6) is 0 Å². The minimum Gasteiger partial charge on any atom is -0.315 e. The van der Waals surface area contributed by atoms with Crippen LogP contribution in [0.1, 0.15) is 40.0 Å². The van der Waals surface area contributed by atoms with Crippen molar-refractivity contribution in [3.63, 3.8) is 0 Å². The number of hydrogen-bond donors (Lipinski definition) is 1. The molecule has 1 aliphatic carbocycles. The van der Waals surface area contributed by atoms with E-state index in [1.54, 1.807) is 0 Å². The van der Waals surface area contributed by atoms with Crippen LogP contribution in [-0.4, -0.2) is 38.1 Å². The highest BCUT2D eigenvalue weighted by molar-refractivity contribution is 4.83. The Morgan fingerprint density at radius 3 is 2.27 bits per heavy atom. The molecule has 1 saturated carbocycles. The molecule has 0 saturated heterocycles. The predicted octanol–water partition coefficient (Wildman–Crippen LogP) is 2.35. The monoisotopic (exact) mass is 212 g/mol. The van der Waals surface area contributed by atoms with E-state index in [1.165, 1.54) is 25.8 Å². The molecule has 1 unspecified atom stereocenters. The van der Waals surface area contributed by atoms with Crippen LogP contribution in [0.4, 0.5) is 0 Å². The van der Waals surface area contributed by atoms with Crippen molar-refractivity contribution in [1.29, 1.82) is 0 Å². The Labute approximate surface area is 95.4 Å². The third-order valence-electron chi connectivity index (χ3n) is 3.68. The fraction of sp³-hybridized carbons (Fsp3) is 1.00. The largest absolute Gasteiger partial charge is 0.315 e. The first-order valence-corrected chi connectivity index (χ1v) is 6.29. The first kappa shape index (κ1) is 13.0. The quantitative estimate of drug-likeness (QED) is 0.752. The van der Waals surface area contributed by atoms with Crippen molar-refractivity contribution in [2.75, 3.05) is 27.2 Å². The van der Waals surface area contributed by atoms with Crippen LogP contribution in [0.15, 0.2) is 0 Å². The molecule has 0 radical (unpaired) electrons. The fourth-order valence-corrected chi connectivity index (χ4v) is 2.30. The van der Waals surface area contributed by atoms with Gasteiger partial charge in [0, 0.05) is 19.1 Å². The average Bonchev–Trinajstić information content (AvgIpc) is 2.05. The van der Waals surface area contributed by atoms with E-state index in [2.05, 4.69) is 45.1 Å². The number of likely N-dealkylation sites (N-methyl/N-ethyl adjacent to an activating group) is 2. The topological polar surface area (TPSA) is 15.3 Å². The van der Waals surface area contributed by atoms with Gasteiger partial charge < -0.3 is 10.2 Å². The molecular weight excluding hydrogens is 184 g/mol. The Morgan fingerprint density at radius 2 is 1.93 bits per heavy atom. The van der Waals surface area contributed by atoms with E-state index in [0.717, 1.165) is 12.5 Å². The van der Waals surface area contributed by atoms with Crippen molar-refractivity contribution in [1.82, 2.24) is 10.2 Å². The van der Waals surface area contributed by atoms with Gasteiger partial charge in [-0.1, -0.05) is 27.2 Å². The van der Waals surface area contributed by atoms with Gasteiger partial charge in [-0.2, -0.15) is 0 Å². The summed E-state index contributed by atoms with van der Waals surface area (Å²) in [5.41, 5.74) is 0.350. The zero-order valence-electron chi connectivity index (χ0n) is 11.1. The van der Waals surface area contributed by atoms with E-state index in [9.17, 15) is 0 Å². The minimum atomic E-state index is 0.350. The molecule has 0 heterocycles. The molecular formula is C13H28N2. The predicted molar refractivity (Wildman–Crippen MR) is 67.1 cm³/mol. The van der Waals surface area contributed by atoms with E-state index >= 15 is 0 Å². The van der Waals surface area contributed by atoms with Crippen LogP contribution < -0.4 is 5.32 Å². The van der Waals surface area contributed by atoms with Crippen molar-refractivity contribution < 1.29 is 0 Å². The van der Waals surface area contributed by atoms with Crippen LogP contribution in [-0.2, 0) is 0 Å². The van der Waals surface area contributed by atoms with Gasteiger partial charge in [0.25, 0.3) is 0 Å². The van der Waals surface area contributed by atoms with Crippen molar-refractivity contribution in [3.05, 3.63) is 0 Å². The Kier molecular flexibility index (Phi) is 4.60. The summed E-state index contributed by atoms with van der Waals surface area (Å²) in [5.74, 6) is 0.979. The van der Waals surface area contributed by atoms with E-state index in [1.807, 2.05) is 0 Å². The Hall–Kier alpha value is -0.0800. The Balaban J connectivity index is 2.30. The third-order valence-corrected chi connectivity index (χ3v) is 3.68. The second kappa shape index (κ2) is 5.31. The van der Waals surface area contributed by atoms with E-state index < -0.39 is 0 Å². The highest BCUT2D eigenvalue weighted by atomic mass is 15.1. The van der Waals surface area contributed by atoms with Gasteiger partial charge in [0.2, 0.25) is 0 Å². The SMILES string of the molecule is CNC(CN(C)CC1CCC1)C(C)(C)C. The smallest absolute Gasteiger partial charge is 0.0240 e. The average molecular weight is 212 g/mol. The van der Waals surface area contributed by atoms with Crippen LogP contribution in [0.2, 0.25) is 0 Å². The lowest BCUT2D eigenvalue weighted by molar-refractivity contribution is 0.158. The van der Waals surface area contributed by atoms with Gasteiger partial charge in [0.05, 0.1) is 0 Å². The molecule has 1 rings (SSSR count). The molecule has 0 aromatic carbocycles. The van der Waals surface area contributed by atoms with E-state index in [0.29, 0.717) is 11.5 Å². The van der Waals surface area contributed by atoms with Crippen molar-refractivity contribution in [2.24, 2.45) is 11.3 Å². The lowest BCUT2D eigenvalue weighted by Gasteiger charge is -2.36. The molecule has 2 nitrogen and oxygen atoms in total. The second-order valence-electron chi connectivity index (χ2n) is 6.23. The van der Waals surface area contributed by atoms with Gasteiger partial charge in [-0.15, -0.1) is 0 Å². The summed E-state index contributed by atoms with van der Waals surface area (Å²) >= 11 is 0. The molecule has 0 aromatic heterocycles. The van der Waals surface area contributed by atoms with Crippen LogP contribution >= 0.6 is 0 Å². The van der Waals surface area contributed by atoms with Gasteiger partial charge in [-0.05, 0) is 38.3 Å². The summed E-state index contributed by atoms with van der Waals surface area (Å²) in [7, 11) is 4.33. The summed E-state index contributed by atoms with van der Waals surface area (Å²) in [6, 6.07) is 0.586. The van der Waals surface area contributed by atoms with Crippen LogP contribution in [0, 0.1) is 11.3 Å². The molecule has 1 aliphatic rings. The number of rotatable bonds is 5. The third kappa shape index (κ3) is 4.12. The highest BCUT2D eigenvalue weighted by Crippen LogP contribution is 2.27. The van der Waals surface area contributed by atoms with Crippen LogP contribution in [0.3, 0.4) is 0 Å². The lowest BCUT2D eigenvalue weighted by atomic mass is 9.84. The molecule has 1 atom stereocenters. The molecule has 1 N–H and O–H groups in total. The maximum atomic E-state index is 3.44. The summed E-state index contributed by atoms with van der Waals surface area (Å²) in [4.78, 5) is 2.50. The first-order valence-electron chi connectivity index (χ1n) is 6.29. The van der Waals surface area contributed by atoms with Crippen molar-refractivity contribution in [2.45, 2.75) is 46.1 Å². The molecule has 0 spiro atoms. The van der Waals surface area contributed by atoms with Gasteiger partial charge >= 0.3 is 0 Å². The van der Waals surface area contributed by atoms with Crippen LogP contribution in [0.25, 0.3) is 0 Å². The summed E-state index contributed by atoms with van der Waals surface area (Å²) in [5, 5.41) is 3.44. The standard InChI is InChI=1S/C13H28N2/c1-13(2,3)12(14-4)10-15(5)9-11-7-6-8-11/h11-12,14H,6-10H2,1-5H3. The maximum absolute atomic E-state index is 3.44. The summed E-state index contributed by atoms with van der Waals surface area (Å²) in [6.45, 7) is 9.38. The van der Waals surface area contributed by atoms with Gasteiger partial charge in [0.1, 0.15) is 0 Å². The zero-order valence-corrected chi connectivity index (χ0v) is 11.1. The summed E-state index contributed by atoms with van der Waals surface area (Å²) < 4.78 is 0. The van der Waals surface area contributed by atoms with Gasteiger partial charge in [0.15, 0.2) is 0 Å². The molecule has 1 fully saturated rings. The molecule has 0 amide bonds. The number of nitrogens with one attached hydrogen (secondary N) is 1.